The summed E-state index contributed by atoms with van der Waals surface area (Å²) in [6.45, 7) is 8.17. The Morgan fingerprint density at radius 1 is 1.31 bits per heavy atom. The van der Waals surface area contributed by atoms with Gasteiger partial charge in [-0.1, -0.05) is 30.3 Å². The third kappa shape index (κ3) is 5.29. The summed E-state index contributed by atoms with van der Waals surface area (Å²) in [4.78, 5) is 13.7. The molecule has 0 radical (unpaired) electrons. The van der Waals surface area contributed by atoms with E-state index in [1.54, 1.807) is 11.3 Å². The molecule has 1 N–H and O–H groups in total. The van der Waals surface area contributed by atoms with Crippen molar-refractivity contribution in [3.05, 3.63) is 44.6 Å². The minimum absolute atomic E-state index is 0.0314. The van der Waals surface area contributed by atoms with Gasteiger partial charge in [0.1, 0.15) is 0 Å². The minimum atomic E-state index is -4.53. The zero-order valence-electron chi connectivity index (χ0n) is 17.9. The van der Waals surface area contributed by atoms with E-state index in [4.69, 9.17) is 11.6 Å². The fraction of sp³-hybridized carbons (Fsp3) is 0.381. The average Bonchev–Trinajstić information content (AvgIpc) is 3.29. The Morgan fingerprint density at radius 2 is 2.03 bits per heavy atom. The van der Waals surface area contributed by atoms with E-state index in [9.17, 15) is 18.0 Å². The fourth-order valence-electron chi connectivity index (χ4n) is 3.24. The van der Waals surface area contributed by atoms with Gasteiger partial charge in [0, 0.05) is 21.9 Å². The van der Waals surface area contributed by atoms with Crippen LogP contribution in [-0.4, -0.2) is 26.4 Å². The van der Waals surface area contributed by atoms with E-state index in [-0.39, 0.29) is 22.5 Å². The van der Waals surface area contributed by atoms with Crippen molar-refractivity contribution in [2.75, 3.05) is 11.1 Å². The van der Waals surface area contributed by atoms with E-state index in [1.165, 1.54) is 22.2 Å². The van der Waals surface area contributed by atoms with Crippen molar-refractivity contribution in [1.82, 2.24) is 14.8 Å². The smallest absolute Gasteiger partial charge is 0.324 e. The van der Waals surface area contributed by atoms with Gasteiger partial charge in [-0.3, -0.25) is 9.36 Å². The fourth-order valence-corrected chi connectivity index (χ4v) is 5.22. The number of rotatable bonds is 7. The number of nitrogens with zero attached hydrogens (tertiary/aromatic N) is 3. The van der Waals surface area contributed by atoms with Crippen molar-refractivity contribution in [2.45, 2.75) is 51.5 Å². The lowest BCUT2D eigenvalue weighted by molar-refractivity contribution is -0.137. The zero-order chi connectivity index (χ0) is 23.6. The number of thioether (sulfide) groups is 1. The molecule has 1 aromatic carbocycles. The number of alkyl halides is 3. The molecule has 3 aromatic rings. The number of anilines is 1. The Labute approximate surface area is 197 Å². The summed E-state index contributed by atoms with van der Waals surface area (Å²) in [5, 5.41) is 13.7. The second-order valence-electron chi connectivity index (χ2n) is 7.34. The Bertz CT molecular complexity index is 1120. The van der Waals surface area contributed by atoms with Gasteiger partial charge in [0.05, 0.1) is 22.0 Å². The van der Waals surface area contributed by atoms with Gasteiger partial charge in [0.25, 0.3) is 0 Å². The molecule has 1 amide bonds. The maximum atomic E-state index is 12.9. The third-order valence-electron chi connectivity index (χ3n) is 4.78. The Balaban J connectivity index is 1.78. The summed E-state index contributed by atoms with van der Waals surface area (Å²) in [6, 6.07) is 2.86. The highest BCUT2D eigenvalue weighted by Gasteiger charge is 2.31. The van der Waals surface area contributed by atoms with Gasteiger partial charge < -0.3 is 5.32 Å². The first-order valence-corrected chi connectivity index (χ1v) is 12.1. The summed E-state index contributed by atoms with van der Waals surface area (Å²) in [5.74, 6) is 0.197. The molecule has 0 aliphatic rings. The Morgan fingerprint density at radius 3 is 2.66 bits per heavy atom. The lowest BCUT2D eigenvalue weighted by Crippen LogP contribution is -2.16. The largest absolute Gasteiger partial charge is 0.416 e. The van der Waals surface area contributed by atoms with Gasteiger partial charge in [-0.05, 0) is 51.0 Å². The average molecular weight is 503 g/mol. The molecule has 2 aromatic heterocycles. The van der Waals surface area contributed by atoms with E-state index in [0.717, 1.165) is 36.0 Å². The van der Waals surface area contributed by atoms with Crippen molar-refractivity contribution in [3.63, 3.8) is 0 Å². The van der Waals surface area contributed by atoms with Crippen molar-refractivity contribution >= 4 is 46.3 Å². The molecule has 0 unspecified atom stereocenters. The molecule has 0 bridgehead atoms. The highest BCUT2D eigenvalue weighted by Crippen LogP contribution is 2.35. The highest BCUT2D eigenvalue weighted by atomic mass is 35.5. The van der Waals surface area contributed by atoms with Crippen LogP contribution in [0.3, 0.4) is 0 Å². The van der Waals surface area contributed by atoms with E-state index in [2.05, 4.69) is 34.7 Å². The molecule has 172 valence electrons. The van der Waals surface area contributed by atoms with Crippen molar-refractivity contribution < 1.29 is 18.0 Å². The molecule has 0 saturated heterocycles. The van der Waals surface area contributed by atoms with E-state index >= 15 is 0 Å². The first-order chi connectivity index (χ1) is 15.0. The minimum Gasteiger partial charge on any atom is -0.324 e. The number of benzene rings is 1. The first-order valence-electron chi connectivity index (χ1n) is 9.84. The van der Waals surface area contributed by atoms with Gasteiger partial charge in [-0.15, -0.1) is 21.5 Å². The van der Waals surface area contributed by atoms with Gasteiger partial charge >= 0.3 is 6.18 Å². The lowest BCUT2D eigenvalue weighted by atomic mass is 10.1. The highest BCUT2D eigenvalue weighted by molar-refractivity contribution is 7.99. The van der Waals surface area contributed by atoms with E-state index in [1.807, 2.05) is 18.4 Å². The molecular formula is C21H22ClF3N4OS2. The van der Waals surface area contributed by atoms with Crippen LogP contribution in [-0.2, 0) is 17.4 Å². The number of amides is 1. The molecular weight excluding hydrogens is 481 g/mol. The van der Waals surface area contributed by atoms with E-state index in [0.29, 0.717) is 5.16 Å². The summed E-state index contributed by atoms with van der Waals surface area (Å²) in [6.07, 6.45) is -3.65. The van der Waals surface area contributed by atoms with Crippen LogP contribution in [0.1, 0.15) is 42.8 Å². The van der Waals surface area contributed by atoms with Crippen LogP contribution in [0.4, 0.5) is 18.9 Å². The van der Waals surface area contributed by atoms with Crippen LogP contribution in [0.2, 0.25) is 5.02 Å². The molecule has 0 atom stereocenters. The Kier molecular flexibility index (Phi) is 7.57. The molecule has 0 fully saturated rings. The molecule has 11 heteroatoms. The predicted molar refractivity (Wildman–Crippen MR) is 124 cm³/mol. The number of carbonyl (C=O) groups is 1. The standard InChI is InChI=1S/C21H22ClF3N4OS2/c1-5-14-12(4)31-9-15(14)19-27-28-20(29(19)11(2)3)32-10-18(30)26-17-8-13(21(23,24)25)6-7-16(17)22/h6-9,11H,5,10H2,1-4H3,(H,26,30). The number of hydrogen-bond donors (Lipinski definition) is 1. The molecule has 3 rings (SSSR count). The topological polar surface area (TPSA) is 59.8 Å². The predicted octanol–water partition coefficient (Wildman–Crippen LogP) is 6.86. The second-order valence-corrected chi connectivity index (χ2v) is 9.77. The molecule has 0 spiro atoms. The summed E-state index contributed by atoms with van der Waals surface area (Å²) >= 11 is 8.79. The van der Waals surface area contributed by atoms with Crippen molar-refractivity contribution in [1.29, 1.82) is 0 Å². The van der Waals surface area contributed by atoms with E-state index < -0.39 is 17.6 Å². The molecule has 2 heterocycles. The monoisotopic (exact) mass is 502 g/mol. The van der Waals surface area contributed by atoms with Crippen LogP contribution in [0, 0.1) is 6.92 Å². The lowest BCUT2D eigenvalue weighted by Gasteiger charge is -2.14. The third-order valence-corrected chi connectivity index (χ3v) is 7.01. The van der Waals surface area contributed by atoms with Gasteiger partial charge in [-0.25, -0.2) is 0 Å². The summed E-state index contributed by atoms with van der Waals surface area (Å²) < 4.78 is 40.8. The number of aromatic nitrogens is 3. The van der Waals surface area contributed by atoms with Crippen LogP contribution < -0.4 is 5.32 Å². The number of hydrogen-bond acceptors (Lipinski definition) is 5. The quantitative estimate of drug-likeness (QED) is 0.358. The van der Waals surface area contributed by atoms with Crippen LogP contribution in [0.25, 0.3) is 11.4 Å². The molecule has 5 nitrogen and oxygen atoms in total. The van der Waals surface area contributed by atoms with Gasteiger partial charge in [-0.2, -0.15) is 13.2 Å². The molecule has 0 aliphatic heterocycles. The first kappa shape index (κ1) is 24.6. The molecule has 0 saturated carbocycles. The van der Waals surface area contributed by atoms with Gasteiger partial charge in [0.2, 0.25) is 5.91 Å². The zero-order valence-corrected chi connectivity index (χ0v) is 20.3. The number of nitrogens with one attached hydrogen (secondary N) is 1. The molecule has 0 aliphatic carbocycles. The van der Waals surface area contributed by atoms with Crippen LogP contribution in [0.15, 0.2) is 28.7 Å². The normalized spacial score (nSPS) is 11.9. The maximum Gasteiger partial charge on any atom is 0.416 e. The SMILES string of the molecule is CCc1c(-c2nnc(SCC(=O)Nc3cc(C(F)(F)F)ccc3Cl)n2C(C)C)csc1C. The number of carbonyl (C=O) groups excluding carboxylic acids is 1. The second kappa shape index (κ2) is 9.84. The maximum absolute atomic E-state index is 12.9. The van der Waals surface area contributed by atoms with Crippen molar-refractivity contribution in [2.24, 2.45) is 0 Å². The Hall–Kier alpha value is -2.04. The number of halogens is 4. The summed E-state index contributed by atoms with van der Waals surface area (Å²) in [5.41, 5.74) is 1.28. The number of thiophene rings is 1. The van der Waals surface area contributed by atoms with Crippen LogP contribution >= 0.6 is 34.7 Å². The van der Waals surface area contributed by atoms with Gasteiger partial charge in [0.15, 0.2) is 11.0 Å². The van der Waals surface area contributed by atoms with Crippen molar-refractivity contribution in [3.8, 4) is 11.4 Å². The number of aryl methyl sites for hydroxylation is 1. The summed E-state index contributed by atoms with van der Waals surface area (Å²) in [7, 11) is 0. The molecule has 32 heavy (non-hydrogen) atoms. The van der Waals surface area contributed by atoms with Crippen LogP contribution in [0.5, 0.6) is 0 Å².